The van der Waals surface area contributed by atoms with Gasteiger partial charge in [0.15, 0.2) is 0 Å². The summed E-state index contributed by atoms with van der Waals surface area (Å²) in [5.41, 5.74) is 1.77. The number of carbonyl (C=O) groups is 2. The van der Waals surface area contributed by atoms with E-state index in [0.717, 1.165) is 5.56 Å². The van der Waals surface area contributed by atoms with Crippen LogP contribution in [0.1, 0.15) is 18.4 Å². The van der Waals surface area contributed by atoms with Gasteiger partial charge in [0.05, 0.1) is 6.42 Å². The molecule has 0 saturated heterocycles. The van der Waals surface area contributed by atoms with E-state index in [1.807, 2.05) is 31.2 Å². The van der Waals surface area contributed by atoms with Gasteiger partial charge in [-0.1, -0.05) is 23.8 Å². The van der Waals surface area contributed by atoms with E-state index in [9.17, 15) is 9.59 Å². The number of carbonyl (C=O) groups excluding carboxylic acids is 1. The summed E-state index contributed by atoms with van der Waals surface area (Å²) in [6, 6.07) is 7.10. The van der Waals surface area contributed by atoms with Crippen molar-refractivity contribution in [3.8, 4) is 0 Å². The van der Waals surface area contributed by atoms with Crippen molar-refractivity contribution in [3.63, 3.8) is 0 Å². The van der Waals surface area contributed by atoms with Crippen LogP contribution in [0.25, 0.3) is 0 Å². The number of rotatable bonds is 7. The van der Waals surface area contributed by atoms with Crippen LogP contribution in [-0.4, -0.2) is 30.2 Å². The highest BCUT2D eigenvalue weighted by Gasteiger charge is 2.16. The Morgan fingerprint density at radius 2 is 2.00 bits per heavy atom. The van der Waals surface area contributed by atoms with Gasteiger partial charge in [-0.15, -0.1) is 6.58 Å². The van der Waals surface area contributed by atoms with Crippen LogP contribution in [0.2, 0.25) is 0 Å². The first kappa shape index (κ1) is 15.8. The monoisotopic (exact) mass is 276 g/mol. The second-order valence-electron chi connectivity index (χ2n) is 4.44. The Bertz CT molecular complexity index is 469. The van der Waals surface area contributed by atoms with Crippen LogP contribution >= 0.6 is 0 Å². The summed E-state index contributed by atoms with van der Waals surface area (Å²) < 4.78 is 0. The normalized spacial score (nSPS) is 9.85. The first-order valence-electron chi connectivity index (χ1n) is 6.49. The molecule has 0 aliphatic rings. The van der Waals surface area contributed by atoms with Crippen LogP contribution in [0, 0.1) is 6.92 Å². The zero-order valence-electron chi connectivity index (χ0n) is 11.6. The lowest BCUT2D eigenvalue weighted by molar-refractivity contribution is -0.136. The number of carboxylic acids is 1. The predicted molar refractivity (Wildman–Crippen MR) is 79.0 cm³/mol. The number of urea groups is 1. The van der Waals surface area contributed by atoms with E-state index in [0.29, 0.717) is 18.7 Å². The van der Waals surface area contributed by atoms with Crippen molar-refractivity contribution in [3.05, 3.63) is 42.5 Å². The number of hydrogen-bond donors (Lipinski definition) is 2. The minimum absolute atomic E-state index is 0.0945. The van der Waals surface area contributed by atoms with Crippen LogP contribution in [0.5, 0.6) is 0 Å². The van der Waals surface area contributed by atoms with Crippen molar-refractivity contribution >= 4 is 17.7 Å². The fourth-order valence-corrected chi connectivity index (χ4v) is 1.66. The largest absolute Gasteiger partial charge is 0.481 e. The number of nitrogens with zero attached hydrogens (tertiary/aromatic N) is 1. The van der Waals surface area contributed by atoms with Gasteiger partial charge < -0.3 is 10.4 Å². The Labute approximate surface area is 118 Å². The van der Waals surface area contributed by atoms with Crippen molar-refractivity contribution in [2.45, 2.75) is 19.8 Å². The van der Waals surface area contributed by atoms with Gasteiger partial charge in [-0.05, 0) is 25.5 Å². The maximum absolute atomic E-state index is 12.1. The number of benzene rings is 1. The second kappa shape index (κ2) is 7.99. The Balaban J connectivity index is 2.78. The standard InChI is InChI=1S/C15H20N2O3/c1-3-4-10-16-15(20)17(11-9-14(18)19)13-7-5-12(2)6-8-13/h3,5-8H,1,4,9-11H2,2H3,(H,16,20)(H,18,19). The molecule has 0 saturated carbocycles. The summed E-state index contributed by atoms with van der Waals surface area (Å²) in [6.45, 7) is 6.16. The average Bonchev–Trinajstić information content (AvgIpc) is 2.41. The molecule has 5 heteroatoms. The molecular weight excluding hydrogens is 256 g/mol. The highest BCUT2D eigenvalue weighted by Crippen LogP contribution is 2.15. The van der Waals surface area contributed by atoms with Crippen LogP contribution in [-0.2, 0) is 4.79 Å². The maximum Gasteiger partial charge on any atom is 0.321 e. The molecule has 1 rings (SSSR count). The van der Waals surface area contributed by atoms with Crippen LogP contribution < -0.4 is 10.2 Å². The van der Waals surface area contributed by atoms with Gasteiger partial charge in [0, 0.05) is 18.8 Å². The fraction of sp³-hybridized carbons (Fsp3) is 0.333. The number of hydrogen-bond acceptors (Lipinski definition) is 2. The Morgan fingerprint density at radius 1 is 1.35 bits per heavy atom. The Hall–Kier alpha value is -2.30. The highest BCUT2D eigenvalue weighted by atomic mass is 16.4. The predicted octanol–water partition coefficient (Wildman–Crippen LogP) is 2.56. The van der Waals surface area contributed by atoms with E-state index in [4.69, 9.17) is 5.11 Å². The van der Waals surface area contributed by atoms with Crippen LogP contribution in [0.15, 0.2) is 36.9 Å². The Morgan fingerprint density at radius 3 is 2.55 bits per heavy atom. The molecule has 2 N–H and O–H groups in total. The molecule has 0 bridgehead atoms. The molecule has 0 radical (unpaired) electrons. The molecular formula is C15H20N2O3. The quantitative estimate of drug-likeness (QED) is 0.594. The smallest absolute Gasteiger partial charge is 0.321 e. The molecule has 2 amide bonds. The molecule has 0 aliphatic carbocycles. The molecule has 0 aromatic heterocycles. The second-order valence-corrected chi connectivity index (χ2v) is 4.44. The first-order chi connectivity index (χ1) is 9.54. The molecule has 1 aromatic rings. The summed E-state index contributed by atoms with van der Waals surface area (Å²) in [7, 11) is 0. The van der Waals surface area contributed by atoms with E-state index in [1.54, 1.807) is 6.08 Å². The summed E-state index contributed by atoms with van der Waals surface area (Å²) in [4.78, 5) is 24.2. The topological polar surface area (TPSA) is 69.6 Å². The molecule has 5 nitrogen and oxygen atoms in total. The molecule has 108 valence electrons. The number of nitrogens with one attached hydrogen (secondary N) is 1. The zero-order chi connectivity index (χ0) is 15.0. The van der Waals surface area contributed by atoms with Gasteiger partial charge >= 0.3 is 12.0 Å². The minimum Gasteiger partial charge on any atom is -0.481 e. The van der Waals surface area contributed by atoms with Gasteiger partial charge in [-0.2, -0.15) is 0 Å². The number of amides is 2. The van der Waals surface area contributed by atoms with Crippen molar-refractivity contribution in [2.75, 3.05) is 18.0 Å². The van der Waals surface area contributed by atoms with E-state index < -0.39 is 5.97 Å². The molecule has 1 aromatic carbocycles. The summed E-state index contributed by atoms with van der Waals surface area (Å²) in [6.07, 6.45) is 2.29. The summed E-state index contributed by atoms with van der Waals surface area (Å²) in [5, 5.41) is 11.5. The van der Waals surface area contributed by atoms with Crippen molar-refractivity contribution in [2.24, 2.45) is 0 Å². The highest BCUT2D eigenvalue weighted by molar-refractivity contribution is 5.92. The van der Waals surface area contributed by atoms with E-state index in [1.165, 1.54) is 4.90 Å². The minimum atomic E-state index is -0.930. The molecule has 0 spiro atoms. The third-order valence-corrected chi connectivity index (χ3v) is 2.76. The van der Waals surface area contributed by atoms with Gasteiger partial charge in [-0.25, -0.2) is 4.79 Å². The molecule has 0 atom stereocenters. The average molecular weight is 276 g/mol. The molecule has 0 unspecified atom stereocenters. The van der Waals surface area contributed by atoms with Gasteiger partial charge in [0.25, 0.3) is 0 Å². The number of carboxylic acid groups (broad SMARTS) is 1. The summed E-state index contributed by atoms with van der Waals surface area (Å²) >= 11 is 0. The maximum atomic E-state index is 12.1. The van der Waals surface area contributed by atoms with Gasteiger partial charge in [-0.3, -0.25) is 9.69 Å². The fourth-order valence-electron chi connectivity index (χ4n) is 1.66. The van der Waals surface area contributed by atoms with Gasteiger partial charge in [0.2, 0.25) is 0 Å². The molecule has 0 aliphatic heterocycles. The molecule has 0 fully saturated rings. The lowest BCUT2D eigenvalue weighted by Crippen LogP contribution is -2.41. The Kier molecular flexibility index (Phi) is 6.29. The van der Waals surface area contributed by atoms with Gasteiger partial charge in [0.1, 0.15) is 0 Å². The molecule has 0 heterocycles. The number of aryl methyl sites for hydroxylation is 1. The molecule has 20 heavy (non-hydrogen) atoms. The van der Waals surface area contributed by atoms with Crippen molar-refractivity contribution in [1.82, 2.24) is 5.32 Å². The third-order valence-electron chi connectivity index (χ3n) is 2.76. The SMILES string of the molecule is C=CCCNC(=O)N(CCC(=O)O)c1ccc(C)cc1. The third kappa shape index (κ3) is 5.14. The lowest BCUT2D eigenvalue weighted by Gasteiger charge is -2.22. The van der Waals surface area contributed by atoms with Crippen molar-refractivity contribution < 1.29 is 14.7 Å². The van der Waals surface area contributed by atoms with E-state index >= 15 is 0 Å². The van der Waals surface area contributed by atoms with E-state index in [-0.39, 0.29) is 19.0 Å². The number of aliphatic carboxylic acids is 1. The zero-order valence-corrected chi connectivity index (χ0v) is 11.6. The lowest BCUT2D eigenvalue weighted by atomic mass is 10.2. The van der Waals surface area contributed by atoms with Crippen LogP contribution in [0.4, 0.5) is 10.5 Å². The van der Waals surface area contributed by atoms with Crippen molar-refractivity contribution in [1.29, 1.82) is 0 Å². The number of anilines is 1. The van der Waals surface area contributed by atoms with Crippen LogP contribution in [0.3, 0.4) is 0 Å². The first-order valence-corrected chi connectivity index (χ1v) is 6.49. The summed E-state index contributed by atoms with van der Waals surface area (Å²) in [5.74, 6) is -0.930. The van der Waals surface area contributed by atoms with E-state index in [2.05, 4.69) is 11.9 Å².